The molecule has 2 rings (SSSR count). The van der Waals surface area contributed by atoms with Gasteiger partial charge in [-0.25, -0.2) is 4.98 Å². The molecule has 1 saturated heterocycles. The zero-order valence-corrected chi connectivity index (χ0v) is 8.76. The van der Waals surface area contributed by atoms with Crippen molar-refractivity contribution in [2.45, 2.75) is 19.6 Å². The molecule has 0 saturated carbocycles. The lowest BCUT2D eigenvalue weighted by Gasteiger charge is -2.33. The summed E-state index contributed by atoms with van der Waals surface area (Å²) in [6.45, 7) is 4.33. The molecular weight excluding hydrogens is 194 g/mol. The fourth-order valence-corrected chi connectivity index (χ4v) is 1.65. The SMILES string of the molecule is CC1COCCN1c1cnc(CO)cn1. The highest BCUT2D eigenvalue weighted by atomic mass is 16.5. The van der Waals surface area contributed by atoms with Gasteiger partial charge in [0.05, 0.1) is 44.0 Å². The van der Waals surface area contributed by atoms with Crippen LogP contribution in [0.15, 0.2) is 12.4 Å². The van der Waals surface area contributed by atoms with Crippen LogP contribution < -0.4 is 4.90 Å². The monoisotopic (exact) mass is 209 g/mol. The minimum Gasteiger partial charge on any atom is -0.390 e. The average molecular weight is 209 g/mol. The summed E-state index contributed by atoms with van der Waals surface area (Å²) in [6, 6.07) is 0.327. The Morgan fingerprint density at radius 2 is 2.40 bits per heavy atom. The Kier molecular flexibility index (Phi) is 3.13. The summed E-state index contributed by atoms with van der Waals surface area (Å²) < 4.78 is 5.35. The second kappa shape index (κ2) is 4.55. The number of aliphatic hydroxyl groups is 1. The van der Waals surface area contributed by atoms with E-state index in [4.69, 9.17) is 9.84 Å². The van der Waals surface area contributed by atoms with E-state index in [2.05, 4.69) is 21.8 Å². The van der Waals surface area contributed by atoms with Crippen LogP contribution in [0.1, 0.15) is 12.6 Å². The molecule has 1 atom stereocenters. The van der Waals surface area contributed by atoms with Gasteiger partial charge in [0.2, 0.25) is 0 Å². The lowest BCUT2D eigenvalue weighted by Crippen LogP contribution is -2.44. The summed E-state index contributed by atoms with van der Waals surface area (Å²) in [5.74, 6) is 0.850. The van der Waals surface area contributed by atoms with Gasteiger partial charge in [-0.05, 0) is 6.92 Å². The van der Waals surface area contributed by atoms with Crippen molar-refractivity contribution in [3.63, 3.8) is 0 Å². The Morgan fingerprint density at radius 1 is 1.53 bits per heavy atom. The minimum absolute atomic E-state index is 0.0635. The molecule has 0 bridgehead atoms. The first-order valence-corrected chi connectivity index (χ1v) is 5.07. The molecule has 1 aliphatic heterocycles. The van der Waals surface area contributed by atoms with Crippen molar-refractivity contribution in [1.82, 2.24) is 9.97 Å². The number of nitrogens with zero attached hydrogens (tertiary/aromatic N) is 3. The molecule has 1 aromatic rings. The molecular formula is C10H15N3O2. The second-order valence-corrected chi connectivity index (χ2v) is 3.64. The molecule has 82 valence electrons. The first-order chi connectivity index (χ1) is 7.31. The molecule has 2 heterocycles. The van der Waals surface area contributed by atoms with Crippen LogP contribution in [0.4, 0.5) is 5.82 Å². The molecule has 15 heavy (non-hydrogen) atoms. The molecule has 5 nitrogen and oxygen atoms in total. The van der Waals surface area contributed by atoms with E-state index in [1.165, 1.54) is 0 Å². The van der Waals surface area contributed by atoms with Crippen molar-refractivity contribution < 1.29 is 9.84 Å². The molecule has 1 unspecified atom stereocenters. The van der Waals surface area contributed by atoms with Gasteiger partial charge in [0.1, 0.15) is 5.82 Å². The van der Waals surface area contributed by atoms with E-state index in [1.54, 1.807) is 12.4 Å². The van der Waals surface area contributed by atoms with Gasteiger partial charge in [-0.1, -0.05) is 0 Å². The summed E-state index contributed by atoms with van der Waals surface area (Å²) in [7, 11) is 0. The van der Waals surface area contributed by atoms with E-state index < -0.39 is 0 Å². The third-order valence-electron chi connectivity index (χ3n) is 2.52. The first kappa shape index (κ1) is 10.3. The second-order valence-electron chi connectivity index (χ2n) is 3.64. The number of hydrogen-bond acceptors (Lipinski definition) is 5. The largest absolute Gasteiger partial charge is 0.390 e. The summed E-state index contributed by atoms with van der Waals surface area (Å²) >= 11 is 0. The van der Waals surface area contributed by atoms with E-state index in [-0.39, 0.29) is 6.61 Å². The third kappa shape index (κ3) is 2.24. The van der Waals surface area contributed by atoms with E-state index in [9.17, 15) is 0 Å². The maximum Gasteiger partial charge on any atom is 0.147 e. The number of aliphatic hydroxyl groups excluding tert-OH is 1. The Morgan fingerprint density at radius 3 is 3.00 bits per heavy atom. The van der Waals surface area contributed by atoms with Crippen molar-refractivity contribution >= 4 is 5.82 Å². The lowest BCUT2D eigenvalue weighted by atomic mass is 10.2. The highest BCUT2D eigenvalue weighted by molar-refractivity contribution is 5.37. The Bertz CT molecular complexity index is 315. The van der Waals surface area contributed by atoms with E-state index >= 15 is 0 Å². The van der Waals surface area contributed by atoms with Gasteiger partial charge in [0.25, 0.3) is 0 Å². The number of ether oxygens (including phenoxy) is 1. The normalized spacial score (nSPS) is 21.7. The zero-order valence-electron chi connectivity index (χ0n) is 8.76. The molecule has 0 radical (unpaired) electrons. The Hall–Kier alpha value is -1.20. The van der Waals surface area contributed by atoms with E-state index in [0.717, 1.165) is 25.6 Å². The Balaban J connectivity index is 2.13. The first-order valence-electron chi connectivity index (χ1n) is 5.07. The lowest BCUT2D eigenvalue weighted by molar-refractivity contribution is 0.0985. The third-order valence-corrected chi connectivity index (χ3v) is 2.52. The van der Waals surface area contributed by atoms with Gasteiger partial charge >= 0.3 is 0 Å². The van der Waals surface area contributed by atoms with Gasteiger partial charge in [0, 0.05) is 6.54 Å². The number of anilines is 1. The van der Waals surface area contributed by atoms with Crippen LogP contribution >= 0.6 is 0 Å². The van der Waals surface area contributed by atoms with Crippen molar-refractivity contribution in [3.05, 3.63) is 18.1 Å². The van der Waals surface area contributed by atoms with Crippen molar-refractivity contribution in [2.75, 3.05) is 24.7 Å². The average Bonchev–Trinajstić information content (AvgIpc) is 2.30. The zero-order chi connectivity index (χ0) is 10.7. The summed E-state index contributed by atoms with van der Waals surface area (Å²) in [4.78, 5) is 10.5. The van der Waals surface area contributed by atoms with Gasteiger partial charge in [-0.2, -0.15) is 0 Å². The van der Waals surface area contributed by atoms with Crippen LogP contribution in [-0.4, -0.2) is 40.9 Å². The predicted octanol–water partition coefficient (Wildman–Crippen LogP) is 0.194. The molecule has 0 aromatic carbocycles. The number of morpholine rings is 1. The van der Waals surface area contributed by atoms with Crippen LogP contribution in [0.5, 0.6) is 0 Å². The van der Waals surface area contributed by atoms with Crippen molar-refractivity contribution in [3.8, 4) is 0 Å². The van der Waals surface area contributed by atoms with Crippen molar-refractivity contribution in [2.24, 2.45) is 0 Å². The van der Waals surface area contributed by atoms with Crippen LogP contribution in [0, 0.1) is 0 Å². The van der Waals surface area contributed by atoms with Gasteiger partial charge in [-0.3, -0.25) is 4.98 Å². The van der Waals surface area contributed by atoms with Crippen LogP contribution in [-0.2, 0) is 11.3 Å². The Labute approximate surface area is 88.7 Å². The maximum atomic E-state index is 8.85. The number of aromatic nitrogens is 2. The smallest absolute Gasteiger partial charge is 0.147 e. The summed E-state index contributed by atoms with van der Waals surface area (Å²) in [5.41, 5.74) is 0.597. The molecule has 0 aliphatic carbocycles. The van der Waals surface area contributed by atoms with Crippen LogP contribution in [0.3, 0.4) is 0 Å². The molecule has 1 fully saturated rings. The van der Waals surface area contributed by atoms with E-state index in [0.29, 0.717) is 11.7 Å². The molecule has 1 aliphatic rings. The fourth-order valence-electron chi connectivity index (χ4n) is 1.65. The number of rotatable bonds is 2. The van der Waals surface area contributed by atoms with Gasteiger partial charge < -0.3 is 14.7 Å². The molecule has 0 amide bonds. The quantitative estimate of drug-likeness (QED) is 0.753. The minimum atomic E-state index is -0.0635. The van der Waals surface area contributed by atoms with Crippen LogP contribution in [0.25, 0.3) is 0 Å². The van der Waals surface area contributed by atoms with E-state index in [1.807, 2.05) is 0 Å². The fraction of sp³-hybridized carbons (Fsp3) is 0.600. The summed E-state index contributed by atoms with van der Waals surface area (Å²) in [5, 5.41) is 8.85. The molecule has 1 N–H and O–H groups in total. The van der Waals surface area contributed by atoms with Crippen LogP contribution in [0.2, 0.25) is 0 Å². The maximum absolute atomic E-state index is 8.85. The van der Waals surface area contributed by atoms with Crippen molar-refractivity contribution in [1.29, 1.82) is 0 Å². The summed E-state index contributed by atoms with van der Waals surface area (Å²) in [6.07, 6.45) is 3.31. The highest BCUT2D eigenvalue weighted by Crippen LogP contribution is 2.15. The number of hydrogen-bond donors (Lipinski definition) is 1. The highest BCUT2D eigenvalue weighted by Gasteiger charge is 2.20. The molecule has 0 spiro atoms. The van der Waals surface area contributed by atoms with Gasteiger partial charge in [0.15, 0.2) is 0 Å². The topological polar surface area (TPSA) is 58.5 Å². The molecule has 5 heteroatoms. The standard InChI is InChI=1S/C10H15N3O2/c1-8-7-15-3-2-13(8)10-5-11-9(6-14)4-12-10/h4-5,8,14H,2-3,6-7H2,1H3. The molecule has 1 aromatic heterocycles. The predicted molar refractivity (Wildman–Crippen MR) is 55.6 cm³/mol. The van der Waals surface area contributed by atoms with Gasteiger partial charge in [-0.15, -0.1) is 0 Å².